The number of ether oxygens (including phenoxy) is 1. The molecule has 1 aliphatic rings. The summed E-state index contributed by atoms with van der Waals surface area (Å²) in [6.45, 7) is 0.607. The molecule has 1 unspecified atom stereocenters. The highest BCUT2D eigenvalue weighted by atomic mass is 16.5. The maximum absolute atomic E-state index is 10.4. The van der Waals surface area contributed by atoms with Crippen LogP contribution in [-0.2, 0) is 9.53 Å². The Hall–Kier alpha value is -0.610. The SMILES string of the molecule is NCC(OCC1CC1)C(=O)O. The van der Waals surface area contributed by atoms with Crippen LogP contribution in [0, 0.1) is 5.92 Å². The zero-order valence-electron chi connectivity index (χ0n) is 6.32. The lowest BCUT2D eigenvalue weighted by atomic mass is 10.3. The number of carboxylic acids is 1. The second kappa shape index (κ2) is 3.69. The van der Waals surface area contributed by atoms with Crippen molar-refractivity contribution in [2.45, 2.75) is 18.9 Å². The van der Waals surface area contributed by atoms with E-state index in [1.807, 2.05) is 0 Å². The molecule has 3 N–H and O–H groups in total. The van der Waals surface area contributed by atoms with Crippen molar-refractivity contribution >= 4 is 5.97 Å². The number of rotatable bonds is 5. The van der Waals surface area contributed by atoms with Crippen molar-refractivity contribution in [2.24, 2.45) is 11.7 Å². The predicted octanol–water partition coefficient (Wildman–Crippen LogP) is -0.175. The summed E-state index contributed by atoms with van der Waals surface area (Å²) in [4.78, 5) is 10.4. The third kappa shape index (κ3) is 2.86. The summed E-state index contributed by atoms with van der Waals surface area (Å²) in [5.41, 5.74) is 5.17. The minimum Gasteiger partial charge on any atom is -0.479 e. The Morgan fingerprint density at radius 1 is 1.73 bits per heavy atom. The molecule has 1 rings (SSSR count). The van der Waals surface area contributed by atoms with Crippen molar-refractivity contribution < 1.29 is 14.6 Å². The predicted molar refractivity (Wildman–Crippen MR) is 39.2 cm³/mol. The highest BCUT2D eigenvalue weighted by Gasteiger charge is 2.24. The Morgan fingerprint density at radius 3 is 2.73 bits per heavy atom. The summed E-state index contributed by atoms with van der Waals surface area (Å²) in [5.74, 6) is -0.378. The largest absolute Gasteiger partial charge is 0.479 e. The van der Waals surface area contributed by atoms with Gasteiger partial charge in [-0.05, 0) is 18.8 Å². The van der Waals surface area contributed by atoms with E-state index in [1.54, 1.807) is 0 Å². The second-order valence-corrected chi connectivity index (χ2v) is 2.84. The molecule has 0 spiro atoms. The lowest BCUT2D eigenvalue weighted by Gasteiger charge is -2.09. The standard InChI is InChI=1S/C7H13NO3/c8-3-6(7(9)10)11-4-5-1-2-5/h5-6H,1-4,8H2,(H,9,10). The number of hydrogen-bond donors (Lipinski definition) is 2. The molecule has 1 aliphatic carbocycles. The molecule has 0 heterocycles. The third-order valence-corrected chi connectivity index (χ3v) is 1.72. The topological polar surface area (TPSA) is 72.5 Å². The van der Waals surface area contributed by atoms with Crippen LogP contribution in [0.3, 0.4) is 0 Å². The Kier molecular flexibility index (Phi) is 2.84. The maximum atomic E-state index is 10.4. The molecule has 4 heteroatoms. The Balaban J connectivity index is 2.13. The average Bonchev–Trinajstić information content (AvgIpc) is 2.72. The van der Waals surface area contributed by atoms with E-state index >= 15 is 0 Å². The van der Waals surface area contributed by atoms with Gasteiger partial charge in [-0.3, -0.25) is 0 Å². The number of hydrogen-bond acceptors (Lipinski definition) is 3. The van der Waals surface area contributed by atoms with E-state index in [4.69, 9.17) is 15.6 Å². The van der Waals surface area contributed by atoms with Crippen molar-refractivity contribution in [2.75, 3.05) is 13.2 Å². The van der Waals surface area contributed by atoms with Gasteiger partial charge in [0.1, 0.15) is 0 Å². The van der Waals surface area contributed by atoms with Crippen LogP contribution in [0.2, 0.25) is 0 Å². The first-order valence-electron chi connectivity index (χ1n) is 3.78. The van der Waals surface area contributed by atoms with E-state index in [0.717, 1.165) is 12.8 Å². The zero-order chi connectivity index (χ0) is 8.27. The molecule has 1 atom stereocenters. The van der Waals surface area contributed by atoms with Gasteiger partial charge in [0.05, 0.1) is 6.61 Å². The Labute approximate surface area is 65.3 Å². The van der Waals surface area contributed by atoms with Gasteiger partial charge in [0.15, 0.2) is 6.10 Å². The summed E-state index contributed by atoms with van der Waals surface area (Å²) in [5, 5.41) is 8.50. The van der Waals surface area contributed by atoms with Gasteiger partial charge in [-0.1, -0.05) is 0 Å². The molecule has 1 fully saturated rings. The van der Waals surface area contributed by atoms with E-state index in [2.05, 4.69) is 0 Å². The molecule has 0 aliphatic heterocycles. The van der Waals surface area contributed by atoms with Crippen molar-refractivity contribution in [3.8, 4) is 0 Å². The van der Waals surface area contributed by atoms with Crippen LogP contribution in [0.15, 0.2) is 0 Å². The van der Waals surface area contributed by atoms with Gasteiger partial charge in [-0.15, -0.1) is 0 Å². The normalized spacial score (nSPS) is 19.7. The summed E-state index contributed by atoms with van der Waals surface area (Å²) < 4.78 is 5.05. The molecule has 0 amide bonds. The van der Waals surface area contributed by atoms with E-state index < -0.39 is 12.1 Å². The van der Waals surface area contributed by atoms with E-state index in [-0.39, 0.29) is 6.54 Å². The summed E-state index contributed by atoms with van der Waals surface area (Å²) in [6.07, 6.45) is 1.52. The number of aliphatic carboxylic acids is 1. The van der Waals surface area contributed by atoms with Gasteiger partial charge in [-0.2, -0.15) is 0 Å². The van der Waals surface area contributed by atoms with E-state index in [1.165, 1.54) is 0 Å². The molecule has 0 aromatic heterocycles. The van der Waals surface area contributed by atoms with Crippen LogP contribution in [0.1, 0.15) is 12.8 Å². The number of nitrogens with two attached hydrogens (primary N) is 1. The summed E-state index contributed by atoms with van der Waals surface area (Å²) in [6, 6.07) is 0. The molecule has 0 radical (unpaired) electrons. The van der Waals surface area contributed by atoms with Gasteiger partial charge >= 0.3 is 5.97 Å². The van der Waals surface area contributed by atoms with Crippen molar-refractivity contribution in [1.29, 1.82) is 0 Å². The molecule has 0 aromatic carbocycles. The smallest absolute Gasteiger partial charge is 0.334 e. The van der Waals surface area contributed by atoms with Crippen molar-refractivity contribution in [3.63, 3.8) is 0 Å². The lowest BCUT2D eigenvalue weighted by molar-refractivity contribution is -0.149. The Bertz CT molecular complexity index is 145. The van der Waals surface area contributed by atoms with Crippen LogP contribution in [0.25, 0.3) is 0 Å². The minimum absolute atomic E-state index is 0.0576. The molecule has 11 heavy (non-hydrogen) atoms. The van der Waals surface area contributed by atoms with Crippen LogP contribution in [0.5, 0.6) is 0 Å². The van der Waals surface area contributed by atoms with Crippen molar-refractivity contribution in [1.82, 2.24) is 0 Å². The highest BCUT2D eigenvalue weighted by molar-refractivity contribution is 5.72. The summed E-state index contributed by atoms with van der Waals surface area (Å²) >= 11 is 0. The zero-order valence-corrected chi connectivity index (χ0v) is 6.32. The fraction of sp³-hybridized carbons (Fsp3) is 0.857. The van der Waals surface area contributed by atoms with Gasteiger partial charge in [0.2, 0.25) is 0 Å². The van der Waals surface area contributed by atoms with Crippen LogP contribution >= 0.6 is 0 Å². The fourth-order valence-electron chi connectivity index (χ4n) is 0.777. The number of carboxylic acid groups (broad SMARTS) is 1. The van der Waals surface area contributed by atoms with Crippen LogP contribution in [0.4, 0.5) is 0 Å². The van der Waals surface area contributed by atoms with Gasteiger partial charge in [0.25, 0.3) is 0 Å². The molecule has 64 valence electrons. The second-order valence-electron chi connectivity index (χ2n) is 2.84. The van der Waals surface area contributed by atoms with E-state index in [0.29, 0.717) is 12.5 Å². The first-order chi connectivity index (χ1) is 5.24. The monoisotopic (exact) mass is 159 g/mol. The average molecular weight is 159 g/mol. The molecule has 4 nitrogen and oxygen atoms in total. The summed E-state index contributed by atoms with van der Waals surface area (Å²) in [7, 11) is 0. The van der Waals surface area contributed by atoms with Crippen LogP contribution in [-0.4, -0.2) is 30.3 Å². The van der Waals surface area contributed by atoms with Gasteiger partial charge < -0.3 is 15.6 Å². The fourth-order valence-corrected chi connectivity index (χ4v) is 0.777. The third-order valence-electron chi connectivity index (χ3n) is 1.72. The lowest BCUT2D eigenvalue weighted by Crippen LogP contribution is -2.32. The quantitative estimate of drug-likeness (QED) is 0.584. The first-order valence-corrected chi connectivity index (χ1v) is 3.78. The molecular weight excluding hydrogens is 146 g/mol. The molecule has 0 bridgehead atoms. The molecule has 0 aromatic rings. The van der Waals surface area contributed by atoms with Crippen LogP contribution < -0.4 is 5.73 Å². The first kappa shape index (κ1) is 8.49. The molecule has 1 saturated carbocycles. The molecular formula is C7H13NO3. The van der Waals surface area contributed by atoms with E-state index in [9.17, 15) is 4.79 Å². The maximum Gasteiger partial charge on any atom is 0.334 e. The number of carbonyl (C=O) groups is 1. The van der Waals surface area contributed by atoms with Crippen molar-refractivity contribution in [3.05, 3.63) is 0 Å². The highest BCUT2D eigenvalue weighted by Crippen LogP contribution is 2.29. The Morgan fingerprint density at radius 2 is 2.36 bits per heavy atom. The van der Waals surface area contributed by atoms with Gasteiger partial charge in [-0.25, -0.2) is 4.79 Å². The van der Waals surface area contributed by atoms with Gasteiger partial charge in [0, 0.05) is 6.54 Å². The molecule has 0 saturated heterocycles. The minimum atomic E-state index is -0.965.